The molecule has 1 aliphatic heterocycles. The number of nitrogens with one attached hydrogen (secondary N) is 1. The third-order valence-corrected chi connectivity index (χ3v) is 8.24. The number of aromatic nitrogens is 6. The number of hydrogen-bond donors (Lipinski definition) is 2. The molecule has 1 atom stereocenters. The molecule has 4 aromatic heterocycles. The number of hydrogen-bond acceptors (Lipinski definition) is 9. The van der Waals surface area contributed by atoms with Gasteiger partial charge < -0.3 is 25.3 Å². The topological polar surface area (TPSA) is 153 Å². The number of nitrogens with two attached hydrogens (primary N) is 1. The lowest BCUT2D eigenvalue weighted by molar-refractivity contribution is -0.138. The Balaban J connectivity index is 1.23. The van der Waals surface area contributed by atoms with Crippen LogP contribution in [0.15, 0.2) is 83.6 Å². The molecule has 222 valence electrons. The molecule has 0 aliphatic carbocycles. The zero-order valence-corrected chi connectivity index (χ0v) is 24.2. The average molecular weight is 591 g/mol. The van der Waals surface area contributed by atoms with E-state index in [1.165, 1.54) is 4.52 Å². The normalized spacial score (nSPS) is 15.0. The fourth-order valence-corrected chi connectivity index (χ4v) is 5.79. The molecule has 1 unspecified atom stereocenters. The third-order valence-electron chi connectivity index (χ3n) is 8.24. The lowest BCUT2D eigenvalue weighted by Crippen LogP contribution is -2.56. The van der Waals surface area contributed by atoms with E-state index in [2.05, 4.69) is 25.3 Å². The molecule has 7 rings (SSSR count). The second kappa shape index (κ2) is 10.5. The molecule has 2 amide bonds. The minimum atomic E-state index is -1.23. The Hall–Kier alpha value is -5.72. The number of carbonyl (C=O) groups is 2. The van der Waals surface area contributed by atoms with Crippen LogP contribution in [-0.2, 0) is 10.3 Å². The zero-order valence-electron chi connectivity index (χ0n) is 24.2. The van der Waals surface area contributed by atoms with Crippen molar-refractivity contribution in [3.8, 4) is 11.6 Å². The van der Waals surface area contributed by atoms with Gasteiger partial charge in [-0.05, 0) is 48.9 Å². The van der Waals surface area contributed by atoms with Crippen molar-refractivity contribution in [3.63, 3.8) is 0 Å². The standard InChI is InChI=1S/C31H30N10O3/c1-31(21-7-4-3-5-8-21,29(43)39-16-14-38(15-17-39)22-12-10-20(11-13-22)28(42)33-2)41-27-23(19-34-41)26-35-25(24-9-6-18-44-24)37-40(26)30(32)36-27/h3-13,18-19H,14-17H2,1-2H3,(H2,32,36)(H,33,42). The van der Waals surface area contributed by atoms with Crippen molar-refractivity contribution in [2.75, 3.05) is 43.9 Å². The van der Waals surface area contributed by atoms with E-state index in [1.807, 2.05) is 66.4 Å². The molecule has 0 saturated carbocycles. The molecule has 2 aromatic carbocycles. The Kier molecular flexibility index (Phi) is 6.49. The molecule has 13 heteroatoms. The van der Waals surface area contributed by atoms with Gasteiger partial charge in [-0.2, -0.15) is 14.6 Å². The maximum absolute atomic E-state index is 14.6. The van der Waals surface area contributed by atoms with Crippen molar-refractivity contribution in [2.45, 2.75) is 12.5 Å². The van der Waals surface area contributed by atoms with Gasteiger partial charge >= 0.3 is 0 Å². The molecule has 1 aliphatic rings. The predicted octanol–water partition coefficient (Wildman–Crippen LogP) is 2.79. The van der Waals surface area contributed by atoms with Crippen LogP contribution in [0.25, 0.3) is 28.3 Å². The van der Waals surface area contributed by atoms with Gasteiger partial charge in [0.05, 0.1) is 17.8 Å². The van der Waals surface area contributed by atoms with E-state index in [-0.39, 0.29) is 17.8 Å². The monoisotopic (exact) mass is 590 g/mol. The first-order chi connectivity index (χ1) is 21.4. The predicted molar refractivity (Wildman–Crippen MR) is 164 cm³/mol. The van der Waals surface area contributed by atoms with Gasteiger partial charge in [-0.3, -0.25) is 9.59 Å². The van der Waals surface area contributed by atoms with E-state index in [9.17, 15) is 9.59 Å². The summed E-state index contributed by atoms with van der Waals surface area (Å²) in [5.41, 5.74) is 8.39. The summed E-state index contributed by atoms with van der Waals surface area (Å²) < 4.78 is 8.58. The second-order valence-corrected chi connectivity index (χ2v) is 10.8. The first-order valence-corrected chi connectivity index (χ1v) is 14.2. The Labute approximate surface area is 251 Å². The highest BCUT2D eigenvalue weighted by Gasteiger charge is 2.43. The summed E-state index contributed by atoms with van der Waals surface area (Å²) in [6.07, 6.45) is 3.20. The van der Waals surface area contributed by atoms with E-state index in [0.717, 1.165) is 11.3 Å². The molecular formula is C31H30N10O3. The van der Waals surface area contributed by atoms with Gasteiger partial charge in [0.25, 0.3) is 11.8 Å². The van der Waals surface area contributed by atoms with Crippen LogP contribution >= 0.6 is 0 Å². The van der Waals surface area contributed by atoms with Gasteiger partial charge in [0, 0.05) is 44.5 Å². The van der Waals surface area contributed by atoms with Gasteiger partial charge in [0.2, 0.25) is 11.8 Å². The second-order valence-electron chi connectivity index (χ2n) is 10.8. The highest BCUT2D eigenvalue weighted by molar-refractivity contribution is 5.95. The third kappa shape index (κ3) is 4.32. The molecule has 6 aromatic rings. The Bertz CT molecular complexity index is 1970. The SMILES string of the molecule is CNC(=O)c1ccc(N2CCN(C(=O)C(C)(c3ccccc3)n3ncc4c3nc(N)n3nc(-c5ccco5)nc43)CC2)cc1. The van der Waals surface area contributed by atoms with E-state index < -0.39 is 5.54 Å². The van der Waals surface area contributed by atoms with E-state index >= 15 is 0 Å². The summed E-state index contributed by atoms with van der Waals surface area (Å²) in [6.45, 7) is 4.15. The summed E-state index contributed by atoms with van der Waals surface area (Å²) in [6, 6.07) is 20.6. The Morgan fingerprint density at radius 1 is 0.932 bits per heavy atom. The molecule has 13 nitrogen and oxygen atoms in total. The number of nitrogen functional groups attached to an aromatic ring is 1. The molecule has 1 saturated heterocycles. The summed E-state index contributed by atoms with van der Waals surface area (Å²) >= 11 is 0. The van der Waals surface area contributed by atoms with E-state index in [1.54, 1.807) is 36.3 Å². The minimum Gasteiger partial charge on any atom is -0.461 e. The first-order valence-electron chi connectivity index (χ1n) is 14.2. The molecule has 3 N–H and O–H groups in total. The first kappa shape index (κ1) is 27.1. The minimum absolute atomic E-state index is 0.110. The maximum atomic E-state index is 14.6. The summed E-state index contributed by atoms with van der Waals surface area (Å²) in [5.74, 6) is 0.739. The average Bonchev–Trinajstić information content (AvgIpc) is 3.85. The van der Waals surface area contributed by atoms with Crippen LogP contribution in [0.5, 0.6) is 0 Å². The number of amides is 2. The van der Waals surface area contributed by atoms with Crippen molar-refractivity contribution in [3.05, 3.63) is 90.3 Å². The largest absolute Gasteiger partial charge is 0.461 e. The summed E-state index contributed by atoms with van der Waals surface area (Å²) in [4.78, 5) is 39.9. The molecule has 1 fully saturated rings. The zero-order chi connectivity index (χ0) is 30.4. The van der Waals surface area contributed by atoms with Crippen molar-refractivity contribution in [2.24, 2.45) is 0 Å². The lowest BCUT2D eigenvalue weighted by atomic mass is 9.90. The number of furan rings is 1. The molecule has 0 spiro atoms. The number of benzene rings is 2. The Morgan fingerprint density at radius 2 is 1.68 bits per heavy atom. The number of rotatable bonds is 6. The van der Waals surface area contributed by atoms with Crippen LogP contribution in [0, 0.1) is 0 Å². The van der Waals surface area contributed by atoms with Crippen LogP contribution in [-0.4, -0.2) is 79.3 Å². The van der Waals surface area contributed by atoms with Crippen molar-refractivity contribution < 1.29 is 14.0 Å². The number of piperazine rings is 1. The van der Waals surface area contributed by atoms with Gasteiger partial charge in [-0.25, -0.2) is 9.67 Å². The number of carbonyl (C=O) groups excluding carboxylic acids is 2. The van der Waals surface area contributed by atoms with Crippen molar-refractivity contribution in [1.82, 2.24) is 39.6 Å². The van der Waals surface area contributed by atoms with Crippen molar-refractivity contribution >= 4 is 40.1 Å². The quantitative estimate of drug-likeness (QED) is 0.298. The summed E-state index contributed by atoms with van der Waals surface area (Å²) in [7, 11) is 1.61. The van der Waals surface area contributed by atoms with Gasteiger partial charge in [-0.15, -0.1) is 5.10 Å². The van der Waals surface area contributed by atoms with E-state index in [4.69, 9.17) is 15.2 Å². The number of nitrogens with zero attached hydrogens (tertiary/aromatic N) is 8. The molecule has 5 heterocycles. The van der Waals surface area contributed by atoms with Crippen LogP contribution in [0.3, 0.4) is 0 Å². The molecular weight excluding hydrogens is 560 g/mol. The fourth-order valence-electron chi connectivity index (χ4n) is 5.79. The Morgan fingerprint density at radius 3 is 2.36 bits per heavy atom. The number of fused-ring (bicyclic) bond motifs is 3. The van der Waals surface area contributed by atoms with Crippen LogP contribution < -0.4 is 16.0 Å². The molecule has 0 radical (unpaired) electrons. The smallest absolute Gasteiger partial charge is 0.255 e. The van der Waals surface area contributed by atoms with Crippen molar-refractivity contribution in [1.29, 1.82) is 0 Å². The van der Waals surface area contributed by atoms with Gasteiger partial charge in [-0.1, -0.05) is 30.3 Å². The fraction of sp³-hybridized carbons (Fsp3) is 0.226. The highest BCUT2D eigenvalue weighted by Crippen LogP contribution is 2.33. The highest BCUT2D eigenvalue weighted by atomic mass is 16.3. The van der Waals surface area contributed by atoms with E-state index in [0.29, 0.717) is 60.0 Å². The lowest BCUT2D eigenvalue weighted by Gasteiger charge is -2.40. The van der Waals surface area contributed by atoms with Crippen LogP contribution in [0.2, 0.25) is 0 Å². The van der Waals surface area contributed by atoms with Gasteiger partial charge in [0.15, 0.2) is 22.6 Å². The van der Waals surface area contributed by atoms with Crippen LogP contribution in [0.1, 0.15) is 22.8 Å². The molecule has 44 heavy (non-hydrogen) atoms. The van der Waals surface area contributed by atoms with Gasteiger partial charge in [0.1, 0.15) is 0 Å². The molecule has 0 bridgehead atoms. The number of anilines is 2. The summed E-state index contributed by atoms with van der Waals surface area (Å²) in [5, 5.41) is 12.4. The maximum Gasteiger partial charge on any atom is 0.255 e. The van der Waals surface area contributed by atoms with Crippen LogP contribution in [0.4, 0.5) is 11.6 Å².